The number of allylic oxidation sites excluding steroid dienone is 2. The summed E-state index contributed by atoms with van der Waals surface area (Å²) in [5, 5.41) is 0.201. The van der Waals surface area contributed by atoms with Crippen molar-refractivity contribution in [2.75, 3.05) is 0 Å². The van der Waals surface area contributed by atoms with Crippen molar-refractivity contribution in [3.05, 3.63) is 37.6 Å². The molecule has 0 nitrogen and oxygen atoms in total. The topological polar surface area (TPSA) is 0 Å². The minimum Gasteiger partial charge on any atom is -0.107 e. The van der Waals surface area contributed by atoms with Crippen LogP contribution in [-0.4, -0.2) is 22.3 Å². The largest absolute Gasteiger partial charge is 0.107 e. The molecule has 0 aliphatic carbocycles. The standard InChI is InChI=1S/C14H28Si3/c1-9-14(10-2)12-13-15(4,5)16(6,7)17(14,8)11-3/h9-11H,1-3,12-13H2,4-8H3. The Hall–Kier alpha value is -0.129. The van der Waals surface area contributed by atoms with Crippen molar-refractivity contribution in [3.63, 3.8) is 0 Å². The van der Waals surface area contributed by atoms with Crippen molar-refractivity contribution in [2.45, 2.75) is 50.2 Å². The normalized spacial score (nSPS) is 33.7. The van der Waals surface area contributed by atoms with Crippen molar-refractivity contribution >= 4 is 22.3 Å². The van der Waals surface area contributed by atoms with E-state index in [0.717, 1.165) is 0 Å². The number of hydrogen-bond donors (Lipinski definition) is 0. The van der Waals surface area contributed by atoms with E-state index in [1.165, 1.54) is 12.5 Å². The first-order valence-corrected chi connectivity index (χ1v) is 17.3. The molecule has 96 valence electrons. The zero-order chi connectivity index (χ0) is 13.5. The first kappa shape index (κ1) is 14.9. The second-order valence-electron chi connectivity index (χ2n) is 6.86. The van der Waals surface area contributed by atoms with Gasteiger partial charge in [-0.3, -0.25) is 0 Å². The molecule has 1 saturated heterocycles. The fraction of sp³-hybridized carbons (Fsp3) is 0.571. The minimum atomic E-state index is -1.52. The van der Waals surface area contributed by atoms with Gasteiger partial charge in [-0.15, -0.1) is 25.4 Å². The molecule has 1 fully saturated rings. The summed E-state index contributed by atoms with van der Waals surface area (Å²) in [6.07, 6.45) is 5.67. The fourth-order valence-electron chi connectivity index (χ4n) is 3.53. The van der Waals surface area contributed by atoms with Gasteiger partial charge in [-0.1, -0.05) is 50.9 Å². The molecule has 1 heterocycles. The summed E-state index contributed by atoms with van der Waals surface area (Å²) >= 11 is 0. The maximum Gasteiger partial charge on any atom is 0.0788 e. The lowest BCUT2D eigenvalue weighted by molar-refractivity contribution is 0.760. The van der Waals surface area contributed by atoms with Crippen LogP contribution in [0.4, 0.5) is 0 Å². The van der Waals surface area contributed by atoms with Gasteiger partial charge in [0.15, 0.2) is 0 Å². The van der Waals surface area contributed by atoms with E-state index in [1.54, 1.807) is 0 Å². The fourth-order valence-corrected chi connectivity index (χ4v) is 39.7. The highest BCUT2D eigenvalue weighted by Gasteiger charge is 2.63. The van der Waals surface area contributed by atoms with Crippen LogP contribution < -0.4 is 0 Å². The summed E-state index contributed by atoms with van der Waals surface area (Å²) < 4.78 is 0. The van der Waals surface area contributed by atoms with Gasteiger partial charge in [0, 0.05) is 19.7 Å². The Balaban J connectivity index is 3.50. The monoisotopic (exact) mass is 280 g/mol. The lowest BCUT2D eigenvalue weighted by atomic mass is 10.1. The zero-order valence-electron chi connectivity index (χ0n) is 12.3. The van der Waals surface area contributed by atoms with E-state index in [4.69, 9.17) is 0 Å². The molecule has 1 rings (SSSR count). The first-order valence-electron chi connectivity index (χ1n) is 6.55. The van der Waals surface area contributed by atoms with Gasteiger partial charge in [-0.2, -0.15) is 0 Å². The van der Waals surface area contributed by atoms with Crippen molar-refractivity contribution in [1.29, 1.82) is 0 Å². The summed E-state index contributed by atoms with van der Waals surface area (Å²) in [4.78, 5) is 0. The van der Waals surface area contributed by atoms with Gasteiger partial charge >= 0.3 is 0 Å². The summed E-state index contributed by atoms with van der Waals surface area (Å²) in [5.41, 5.74) is 2.36. The summed E-state index contributed by atoms with van der Waals surface area (Å²) in [5.74, 6) is 0. The molecule has 0 radical (unpaired) electrons. The Labute approximate surface area is 110 Å². The second kappa shape index (κ2) is 4.21. The van der Waals surface area contributed by atoms with E-state index in [0.29, 0.717) is 0 Å². The highest BCUT2D eigenvalue weighted by atomic mass is 29.6. The average Bonchev–Trinajstić information content (AvgIpc) is 2.28. The van der Waals surface area contributed by atoms with Crippen molar-refractivity contribution in [3.8, 4) is 0 Å². The minimum absolute atomic E-state index is 0.201. The van der Waals surface area contributed by atoms with Crippen LogP contribution in [0.5, 0.6) is 0 Å². The highest BCUT2D eigenvalue weighted by Crippen LogP contribution is 2.57. The molecule has 0 bridgehead atoms. The molecule has 0 aromatic rings. The highest BCUT2D eigenvalue weighted by molar-refractivity contribution is 7.70. The molecule has 3 heteroatoms. The van der Waals surface area contributed by atoms with Gasteiger partial charge in [0.2, 0.25) is 0 Å². The van der Waals surface area contributed by atoms with E-state index in [2.05, 4.69) is 70.3 Å². The molecule has 0 spiro atoms. The van der Waals surface area contributed by atoms with E-state index in [1.807, 2.05) is 0 Å². The molecule has 0 aromatic heterocycles. The van der Waals surface area contributed by atoms with Gasteiger partial charge in [-0.05, 0) is 6.42 Å². The number of rotatable bonds is 3. The van der Waals surface area contributed by atoms with Gasteiger partial charge in [0.1, 0.15) is 0 Å². The van der Waals surface area contributed by atoms with E-state index < -0.39 is 22.3 Å². The third-order valence-corrected chi connectivity index (χ3v) is 48.6. The quantitative estimate of drug-likeness (QED) is 0.510. The molecule has 17 heavy (non-hydrogen) atoms. The van der Waals surface area contributed by atoms with Crippen LogP contribution in [0.3, 0.4) is 0 Å². The third-order valence-electron chi connectivity index (χ3n) is 6.26. The predicted octanol–water partition coefficient (Wildman–Crippen LogP) is 4.88. The van der Waals surface area contributed by atoms with Crippen LogP contribution in [0.25, 0.3) is 0 Å². The lowest BCUT2D eigenvalue weighted by Gasteiger charge is -2.61. The average molecular weight is 281 g/mol. The van der Waals surface area contributed by atoms with Crippen molar-refractivity contribution in [2.24, 2.45) is 0 Å². The van der Waals surface area contributed by atoms with Crippen LogP contribution in [0.1, 0.15) is 6.42 Å². The van der Waals surface area contributed by atoms with Gasteiger partial charge in [-0.25, -0.2) is 0 Å². The maximum absolute atomic E-state index is 4.23. The van der Waals surface area contributed by atoms with Crippen LogP contribution in [0.2, 0.25) is 43.8 Å². The van der Waals surface area contributed by atoms with Gasteiger partial charge in [0.05, 0.1) is 7.59 Å². The second-order valence-corrected chi connectivity index (χ2v) is 34.3. The van der Waals surface area contributed by atoms with Crippen molar-refractivity contribution in [1.82, 2.24) is 0 Å². The molecular weight excluding hydrogens is 252 g/mol. The molecule has 1 unspecified atom stereocenters. The maximum atomic E-state index is 4.23. The van der Waals surface area contributed by atoms with Gasteiger partial charge < -0.3 is 0 Å². The molecule has 1 aliphatic rings. The van der Waals surface area contributed by atoms with E-state index in [9.17, 15) is 0 Å². The Morgan fingerprint density at radius 3 is 1.76 bits per heavy atom. The van der Waals surface area contributed by atoms with E-state index >= 15 is 0 Å². The first-order chi connectivity index (χ1) is 7.64. The Kier molecular flexibility index (Phi) is 3.70. The molecule has 0 N–H and O–H groups in total. The third kappa shape index (κ3) is 1.66. The molecule has 1 aliphatic heterocycles. The summed E-state index contributed by atoms with van der Waals surface area (Å²) in [6.45, 7) is 25.5. The summed E-state index contributed by atoms with van der Waals surface area (Å²) in [6, 6.07) is 1.43. The lowest BCUT2D eigenvalue weighted by Crippen LogP contribution is -2.77. The van der Waals surface area contributed by atoms with E-state index in [-0.39, 0.29) is 5.04 Å². The Morgan fingerprint density at radius 1 is 0.941 bits per heavy atom. The Bertz CT molecular complexity index is 346. The zero-order valence-corrected chi connectivity index (χ0v) is 15.3. The molecule has 1 atom stereocenters. The van der Waals surface area contributed by atoms with Crippen LogP contribution in [0, 0.1) is 0 Å². The molecule has 0 aromatic carbocycles. The van der Waals surface area contributed by atoms with Crippen LogP contribution in [0.15, 0.2) is 37.6 Å². The molecule has 0 saturated carbocycles. The van der Waals surface area contributed by atoms with Crippen molar-refractivity contribution < 1.29 is 0 Å². The Morgan fingerprint density at radius 2 is 1.41 bits per heavy atom. The molecule has 0 amide bonds. The van der Waals surface area contributed by atoms with Gasteiger partial charge in [0.25, 0.3) is 0 Å². The van der Waals surface area contributed by atoms with Crippen LogP contribution in [-0.2, 0) is 0 Å². The molecular formula is C14H28Si3. The SMILES string of the molecule is C=CC1(C=C)CC[Si](C)(C)[Si](C)(C)[Si]1(C)C=C. The summed E-state index contributed by atoms with van der Waals surface area (Å²) in [7, 11) is -3.82. The smallest absolute Gasteiger partial charge is 0.0788 e. The van der Waals surface area contributed by atoms with Crippen LogP contribution >= 0.6 is 0 Å². The predicted molar refractivity (Wildman–Crippen MR) is 89.3 cm³/mol. The number of hydrogen-bond acceptors (Lipinski definition) is 0.